The summed E-state index contributed by atoms with van der Waals surface area (Å²) in [6.45, 7) is 4.29. The van der Waals surface area contributed by atoms with Crippen LogP contribution in [0.15, 0.2) is 40.8 Å². The molecule has 0 saturated heterocycles. The Labute approximate surface area is 133 Å². The van der Waals surface area contributed by atoms with Gasteiger partial charge >= 0.3 is 0 Å². The van der Waals surface area contributed by atoms with E-state index in [9.17, 15) is 0 Å². The highest BCUT2D eigenvalue weighted by Gasteiger charge is 2.13. The molecule has 0 aliphatic heterocycles. The van der Waals surface area contributed by atoms with Crippen LogP contribution in [-0.4, -0.2) is 0 Å². The van der Waals surface area contributed by atoms with Crippen LogP contribution < -0.4 is 4.74 Å². The van der Waals surface area contributed by atoms with Gasteiger partial charge in [-0.25, -0.2) is 0 Å². The van der Waals surface area contributed by atoms with Gasteiger partial charge in [-0.2, -0.15) is 0 Å². The van der Waals surface area contributed by atoms with Crippen molar-refractivity contribution in [2.45, 2.75) is 20.5 Å². The predicted octanol–water partition coefficient (Wildman–Crippen LogP) is 5.94. The van der Waals surface area contributed by atoms with Crippen molar-refractivity contribution in [1.29, 1.82) is 0 Å². The number of ether oxygens (including phenoxy) is 1. The summed E-state index contributed by atoms with van der Waals surface area (Å²) in [5.41, 5.74) is 2.67. The van der Waals surface area contributed by atoms with Gasteiger partial charge in [0.25, 0.3) is 0 Å². The molecule has 3 aromatic rings. The average molecular weight is 321 g/mol. The summed E-state index contributed by atoms with van der Waals surface area (Å²) in [6, 6.07) is 11.3. The molecule has 0 fully saturated rings. The van der Waals surface area contributed by atoms with Gasteiger partial charge in [-0.05, 0) is 37.6 Å². The van der Waals surface area contributed by atoms with Crippen LogP contribution in [0.1, 0.15) is 16.9 Å². The van der Waals surface area contributed by atoms with Gasteiger partial charge in [-0.15, -0.1) is 0 Å². The van der Waals surface area contributed by atoms with Crippen LogP contribution in [0.25, 0.3) is 11.0 Å². The van der Waals surface area contributed by atoms with Crippen molar-refractivity contribution in [3.05, 3.63) is 63.3 Å². The predicted molar refractivity (Wildman–Crippen MR) is 86.5 cm³/mol. The second-order valence-corrected chi connectivity index (χ2v) is 5.72. The van der Waals surface area contributed by atoms with Crippen LogP contribution in [0.2, 0.25) is 10.0 Å². The van der Waals surface area contributed by atoms with E-state index in [2.05, 4.69) is 0 Å². The Kier molecular flexibility index (Phi) is 3.83. The molecule has 0 radical (unpaired) electrons. The van der Waals surface area contributed by atoms with Crippen molar-refractivity contribution >= 4 is 34.2 Å². The van der Waals surface area contributed by atoms with Crippen LogP contribution in [0.4, 0.5) is 0 Å². The zero-order chi connectivity index (χ0) is 15.0. The van der Waals surface area contributed by atoms with Crippen LogP contribution in [0, 0.1) is 13.8 Å². The minimum atomic E-state index is 0.302. The summed E-state index contributed by atoms with van der Waals surface area (Å²) in [5.74, 6) is 1.59. The number of benzene rings is 2. The zero-order valence-corrected chi connectivity index (χ0v) is 13.3. The van der Waals surface area contributed by atoms with Gasteiger partial charge in [0.15, 0.2) is 11.3 Å². The molecule has 21 heavy (non-hydrogen) atoms. The third-order valence-corrected chi connectivity index (χ3v) is 4.31. The fourth-order valence-corrected chi connectivity index (χ4v) is 2.78. The van der Waals surface area contributed by atoms with Crippen molar-refractivity contribution in [1.82, 2.24) is 0 Å². The summed E-state index contributed by atoms with van der Waals surface area (Å²) in [7, 11) is 0. The SMILES string of the molecule is Cc1oc2c(OCc3c(Cl)cccc3Cl)cccc2c1C. The molecule has 2 aromatic carbocycles. The summed E-state index contributed by atoms with van der Waals surface area (Å²) in [4.78, 5) is 0. The largest absolute Gasteiger partial charge is 0.485 e. The minimum absolute atomic E-state index is 0.302. The van der Waals surface area contributed by atoms with E-state index >= 15 is 0 Å². The number of hydrogen-bond acceptors (Lipinski definition) is 2. The number of furan rings is 1. The summed E-state index contributed by atoms with van der Waals surface area (Å²) < 4.78 is 11.7. The maximum atomic E-state index is 6.16. The first kappa shape index (κ1) is 14.3. The normalized spacial score (nSPS) is 11.0. The van der Waals surface area contributed by atoms with E-state index in [1.807, 2.05) is 38.1 Å². The molecule has 4 heteroatoms. The van der Waals surface area contributed by atoms with Gasteiger partial charge in [-0.3, -0.25) is 0 Å². The smallest absolute Gasteiger partial charge is 0.176 e. The van der Waals surface area contributed by atoms with Crippen molar-refractivity contribution < 1.29 is 9.15 Å². The Bertz CT molecular complexity index is 786. The van der Waals surface area contributed by atoms with Crippen molar-refractivity contribution in [2.75, 3.05) is 0 Å². The molecular formula is C17H14Cl2O2. The Balaban J connectivity index is 1.94. The molecule has 0 unspecified atom stereocenters. The van der Waals surface area contributed by atoms with E-state index < -0.39 is 0 Å². The molecule has 0 N–H and O–H groups in total. The first-order chi connectivity index (χ1) is 10.1. The quantitative estimate of drug-likeness (QED) is 0.596. The van der Waals surface area contributed by atoms with Gasteiger partial charge in [0.1, 0.15) is 12.4 Å². The lowest BCUT2D eigenvalue weighted by Gasteiger charge is -2.09. The van der Waals surface area contributed by atoms with Crippen LogP contribution in [-0.2, 0) is 6.61 Å². The fourth-order valence-electron chi connectivity index (χ4n) is 2.27. The number of hydrogen-bond donors (Lipinski definition) is 0. The zero-order valence-electron chi connectivity index (χ0n) is 11.7. The van der Waals surface area contributed by atoms with Crippen molar-refractivity contribution in [2.24, 2.45) is 0 Å². The highest BCUT2D eigenvalue weighted by Crippen LogP contribution is 2.33. The fraction of sp³-hybridized carbons (Fsp3) is 0.176. The molecule has 1 aromatic heterocycles. The standard InChI is InChI=1S/C17H14Cl2O2/c1-10-11(2)21-17-12(10)5-3-8-16(17)20-9-13-14(18)6-4-7-15(13)19/h3-8H,9H2,1-2H3. The molecule has 0 atom stereocenters. The van der Waals surface area contributed by atoms with Gasteiger partial charge in [-0.1, -0.05) is 41.4 Å². The second kappa shape index (κ2) is 5.63. The topological polar surface area (TPSA) is 22.4 Å². The van der Waals surface area contributed by atoms with Gasteiger partial charge in [0.2, 0.25) is 0 Å². The molecule has 0 bridgehead atoms. The molecular weight excluding hydrogens is 307 g/mol. The lowest BCUT2D eigenvalue weighted by Crippen LogP contribution is -1.97. The molecule has 2 nitrogen and oxygen atoms in total. The monoisotopic (exact) mass is 320 g/mol. The maximum absolute atomic E-state index is 6.16. The first-order valence-corrected chi connectivity index (χ1v) is 7.38. The first-order valence-electron chi connectivity index (χ1n) is 6.62. The van der Waals surface area contributed by atoms with E-state index in [4.69, 9.17) is 32.4 Å². The molecule has 1 heterocycles. The van der Waals surface area contributed by atoms with Crippen molar-refractivity contribution in [3.8, 4) is 5.75 Å². The number of para-hydroxylation sites is 1. The van der Waals surface area contributed by atoms with Gasteiger partial charge in [0.05, 0.1) is 0 Å². The molecule has 3 rings (SSSR count). The molecule has 0 aliphatic rings. The summed E-state index contributed by atoms with van der Waals surface area (Å²) >= 11 is 12.3. The van der Waals surface area contributed by atoms with Crippen molar-refractivity contribution in [3.63, 3.8) is 0 Å². The molecule has 0 amide bonds. The minimum Gasteiger partial charge on any atom is -0.485 e. The number of aryl methyl sites for hydroxylation is 2. The van der Waals surface area contributed by atoms with E-state index in [0.717, 1.165) is 27.9 Å². The van der Waals surface area contributed by atoms with E-state index in [0.29, 0.717) is 22.4 Å². The van der Waals surface area contributed by atoms with Crippen LogP contribution >= 0.6 is 23.2 Å². The Morgan fingerprint density at radius 3 is 2.38 bits per heavy atom. The Morgan fingerprint density at radius 1 is 1.00 bits per heavy atom. The van der Waals surface area contributed by atoms with Gasteiger partial charge in [0, 0.05) is 21.0 Å². The third-order valence-electron chi connectivity index (χ3n) is 3.60. The Morgan fingerprint density at radius 2 is 1.67 bits per heavy atom. The van der Waals surface area contributed by atoms with E-state index in [-0.39, 0.29) is 0 Å². The highest BCUT2D eigenvalue weighted by molar-refractivity contribution is 6.35. The van der Waals surface area contributed by atoms with Crippen LogP contribution in [0.3, 0.4) is 0 Å². The van der Waals surface area contributed by atoms with E-state index in [1.54, 1.807) is 12.1 Å². The highest BCUT2D eigenvalue weighted by atomic mass is 35.5. The maximum Gasteiger partial charge on any atom is 0.176 e. The number of halogens is 2. The molecule has 108 valence electrons. The summed E-state index contributed by atoms with van der Waals surface area (Å²) in [5, 5.41) is 2.26. The number of rotatable bonds is 3. The molecule has 0 spiro atoms. The third kappa shape index (κ3) is 2.61. The van der Waals surface area contributed by atoms with E-state index in [1.165, 1.54) is 0 Å². The van der Waals surface area contributed by atoms with Crippen LogP contribution in [0.5, 0.6) is 5.75 Å². The Hall–Kier alpha value is -1.64. The average Bonchev–Trinajstić information content (AvgIpc) is 2.75. The molecule has 0 aliphatic carbocycles. The molecule has 0 saturated carbocycles. The summed E-state index contributed by atoms with van der Waals surface area (Å²) in [6.07, 6.45) is 0. The lowest BCUT2D eigenvalue weighted by atomic mass is 10.1. The second-order valence-electron chi connectivity index (χ2n) is 4.90. The lowest BCUT2D eigenvalue weighted by molar-refractivity contribution is 0.305. The van der Waals surface area contributed by atoms with Gasteiger partial charge < -0.3 is 9.15 Å². The number of fused-ring (bicyclic) bond motifs is 1.